The van der Waals surface area contributed by atoms with Crippen molar-refractivity contribution >= 4 is 23.4 Å². The Bertz CT molecular complexity index is 1660. The van der Waals surface area contributed by atoms with Crippen molar-refractivity contribution in [3.8, 4) is 28.7 Å². The SMILES string of the molecule is C=CCOc1ccc(C2C(C(=O)OCC)=C(C)N=c3sc(=Cc4cc(OC)c(O)c(OC)c4)c(=O)n32)cc1OCC. The topological polar surface area (TPSA) is 118 Å². The summed E-state index contributed by atoms with van der Waals surface area (Å²) >= 11 is 1.18. The van der Waals surface area contributed by atoms with Crippen molar-refractivity contribution in [1.82, 2.24) is 4.57 Å². The molecule has 0 radical (unpaired) electrons. The minimum absolute atomic E-state index is 0.145. The molecule has 1 aliphatic heterocycles. The monoisotopic (exact) mass is 580 g/mol. The van der Waals surface area contributed by atoms with Crippen LogP contribution in [0.2, 0.25) is 0 Å². The molecule has 10 nitrogen and oxygen atoms in total. The number of aromatic hydroxyl groups is 1. The summed E-state index contributed by atoms with van der Waals surface area (Å²) < 4.78 is 29.3. The lowest BCUT2D eigenvalue weighted by atomic mass is 9.95. The molecule has 0 saturated heterocycles. The quantitative estimate of drug-likeness (QED) is 0.271. The summed E-state index contributed by atoms with van der Waals surface area (Å²) in [5.74, 6) is 0.666. The molecular weight excluding hydrogens is 548 g/mol. The van der Waals surface area contributed by atoms with E-state index in [9.17, 15) is 14.7 Å². The fourth-order valence-corrected chi connectivity index (χ4v) is 5.53. The average Bonchev–Trinajstić information content (AvgIpc) is 3.26. The maximum atomic E-state index is 14.0. The van der Waals surface area contributed by atoms with Crippen molar-refractivity contribution in [1.29, 1.82) is 0 Å². The number of phenolic OH excluding ortho intramolecular Hbond substituents is 1. The van der Waals surface area contributed by atoms with Crippen LogP contribution in [-0.4, -0.2) is 49.7 Å². The third-order valence-corrected chi connectivity index (χ3v) is 7.24. The van der Waals surface area contributed by atoms with Gasteiger partial charge in [-0.25, -0.2) is 9.79 Å². The Morgan fingerprint density at radius 1 is 1.07 bits per heavy atom. The molecule has 41 heavy (non-hydrogen) atoms. The van der Waals surface area contributed by atoms with E-state index in [1.807, 2.05) is 6.92 Å². The lowest BCUT2D eigenvalue weighted by molar-refractivity contribution is -0.139. The Labute approximate surface area is 241 Å². The molecule has 0 fully saturated rings. The number of esters is 1. The van der Waals surface area contributed by atoms with Crippen LogP contribution in [-0.2, 0) is 9.53 Å². The van der Waals surface area contributed by atoms with Crippen LogP contribution in [0, 0.1) is 0 Å². The van der Waals surface area contributed by atoms with Crippen LogP contribution in [0.4, 0.5) is 0 Å². The van der Waals surface area contributed by atoms with E-state index in [4.69, 9.17) is 23.7 Å². The molecule has 2 aromatic carbocycles. The summed E-state index contributed by atoms with van der Waals surface area (Å²) in [4.78, 5) is 32.2. The van der Waals surface area contributed by atoms with Crippen molar-refractivity contribution in [3.05, 3.63) is 85.1 Å². The first kappa shape index (κ1) is 29.5. The Kier molecular flexibility index (Phi) is 9.18. The first-order chi connectivity index (χ1) is 19.8. The third kappa shape index (κ3) is 5.85. The standard InChI is InChI=1S/C30H32N2O8S/c1-7-12-40-20-11-10-19(16-21(20)38-8-2)26-25(29(35)39-9-3)17(4)31-30-32(26)28(34)24(41-30)15-18-13-22(36-5)27(33)23(14-18)37-6/h7,10-11,13-16,26,33H,1,8-9,12H2,2-6H3. The van der Waals surface area contributed by atoms with Gasteiger partial charge < -0.3 is 28.8 Å². The average molecular weight is 581 g/mol. The number of phenols is 1. The van der Waals surface area contributed by atoms with Gasteiger partial charge in [0, 0.05) is 0 Å². The largest absolute Gasteiger partial charge is 0.502 e. The molecule has 11 heteroatoms. The van der Waals surface area contributed by atoms with E-state index in [-0.39, 0.29) is 41.6 Å². The summed E-state index contributed by atoms with van der Waals surface area (Å²) in [5.41, 5.74) is 1.53. The molecule has 0 saturated carbocycles. The van der Waals surface area contributed by atoms with E-state index in [0.717, 1.165) is 0 Å². The molecular formula is C30H32N2O8S. The second-order valence-corrected chi connectivity index (χ2v) is 9.82. The van der Waals surface area contributed by atoms with Crippen LogP contribution >= 0.6 is 11.3 Å². The van der Waals surface area contributed by atoms with Crippen molar-refractivity contribution in [2.24, 2.45) is 4.99 Å². The third-order valence-electron chi connectivity index (χ3n) is 6.26. The fourth-order valence-electron chi connectivity index (χ4n) is 4.49. The van der Waals surface area contributed by atoms with Crippen LogP contribution in [0.3, 0.4) is 0 Å². The number of allylic oxidation sites excluding steroid dienone is 1. The lowest BCUT2D eigenvalue weighted by Crippen LogP contribution is -2.40. The maximum absolute atomic E-state index is 14.0. The highest BCUT2D eigenvalue weighted by Gasteiger charge is 2.34. The van der Waals surface area contributed by atoms with Crippen molar-refractivity contribution in [2.45, 2.75) is 26.8 Å². The van der Waals surface area contributed by atoms with Crippen molar-refractivity contribution in [2.75, 3.05) is 34.0 Å². The zero-order valence-corrected chi connectivity index (χ0v) is 24.4. The smallest absolute Gasteiger partial charge is 0.338 e. The fraction of sp³-hybridized carbons (Fsp3) is 0.300. The number of hydrogen-bond acceptors (Lipinski definition) is 10. The molecule has 1 N–H and O–H groups in total. The number of ether oxygens (including phenoxy) is 5. The van der Waals surface area contributed by atoms with Crippen molar-refractivity contribution < 1.29 is 33.6 Å². The summed E-state index contributed by atoms with van der Waals surface area (Å²) in [6.07, 6.45) is 3.29. The zero-order valence-electron chi connectivity index (χ0n) is 23.6. The molecule has 0 spiro atoms. The first-order valence-electron chi connectivity index (χ1n) is 12.9. The van der Waals surface area contributed by atoms with Gasteiger partial charge in [-0.05, 0) is 62.2 Å². The van der Waals surface area contributed by atoms with E-state index in [1.165, 1.54) is 30.1 Å². The number of rotatable bonds is 11. The molecule has 1 aliphatic rings. The van der Waals surface area contributed by atoms with E-state index in [2.05, 4.69) is 11.6 Å². The van der Waals surface area contributed by atoms with Gasteiger partial charge in [0.15, 0.2) is 27.8 Å². The molecule has 3 aromatic rings. The van der Waals surface area contributed by atoms with Gasteiger partial charge in [0.05, 0.1) is 49.3 Å². The predicted molar refractivity (Wildman–Crippen MR) is 155 cm³/mol. The number of thiazole rings is 1. The van der Waals surface area contributed by atoms with Gasteiger partial charge in [-0.15, -0.1) is 0 Å². The lowest BCUT2D eigenvalue weighted by Gasteiger charge is -2.25. The summed E-state index contributed by atoms with van der Waals surface area (Å²) in [7, 11) is 2.85. The number of hydrogen-bond donors (Lipinski definition) is 1. The van der Waals surface area contributed by atoms with Gasteiger partial charge >= 0.3 is 5.97 Å². The number of benzene rings is 2. The summed E-state index contributed by atoms with van der Waals surface area (Å²) in [5, 5.41) is 10.3. The second kappa shape index (κ2) is 12.8. The van der Waals surface area contributed by atoms with E-state index in [0.29, 0.717) is 44.3 Å². The Morgan fingerprint density at radius 3 is 2.39 bits per heavy atom. The van der Waals surface area contributed by atoms with Crippen LogP contribution in [0.5, 0.6) is 28.7 Å². The minimum atomic E-state index is -0.830. The number of carbonyl (C=O) groups excluding carboxylic acids is 1. The van der Waals surface area contributed by atoms with Crippen LogP contribution in [0.15, 0.2) is 64.0 Å². The zero-order chi connectivity index (χ0) is 29.7. The van der Waals surface area contributed by atoms with E-state index < -0.39 is 12.0 Å². The number of nitrogens with zero attached hydrogens (tertiary/aromatic N) is 2. The van der Waals surface area contributed by atoms with Crippen molar-refractivity contribution in [3.63, 3.8) is 0 Å². The minimum Gasteiger partial charge on any atom is -0.502 e. The van der Waals surface area contributed by atoms with Gasteiger partial charge in [0.2, 0.25) is 5.75 Å². The maximum Gasteiger partial charge on any atom is 0.338 e. The molecule has 0 bridgehead atoms. The van der Waals surface area contributed by atoms with Gasteiger partial charge in [0.1, 0.15) is 6.61 Å². The van der Waals surface area contributed by atoms with Gasteiger partial charge in [-0.3, -0.25) is 9.36 Å². The predicted octanol–water partition coefficient (Wildman–Crippen LogP) is 3.48. The summed E-state index contributed by atoms with van der Waals surface area (Å²) in [6, 6.07) is 7.66. The highest BCUT2D eigenvalue weighted by Crippen LogP contribution is 2.38. The number of methoxy groups -OCH3 is 2. The van der Waals surface area contributed by atoms with Gasteiger partial charge in [0.25, 0.3) is 5.56 Å². The molecule has 2 heterocycles. The van der Waals surface area contributed by atoms with E-state index in [1.54, 1.807) is 56.3 Å². The Balaban J connectivity index is 1.95. The Hall–Kier alpha value is -4.51. The van der Waals surface area contributed by atoms with Gasteiger partial charge in [-0.2, -0.15) is 0 Å². The highest BCUT2D eigenvalue weighted by molar-refractivity contribution is 7.07. The Morgan fingerprint density at radius 2 is 1.78 bits per heavy atom. The molecule has 0 amide bonds. The van der Waals surface area contributed by atoms with Crippen LogP contribution in [0.1, 0.15) is 37.9 Å². The second-order valence-electron chi connectivity index (χ2n) is 8.82. The number of aromatic nitrogens is 1. The van der Waals surface area contributed by atoms with Gasteiger partial charge in [-0.1, -0.05) is 30.1 Å². The first-order valence-corrected chi connectivity index (χ1v) is 13.7. The molecule has 0 aliphatic carbocycles. The summed E-state index contributed by atoms with van der Waals surface area (Å²) in [6.45, 7) is 9.82. The molecule has 1 aromatic heterocycles. The molecule has 4 rings (SSSR count). The van der Waals surface area contributed by atoms with E-state index >= 15 is 0 Å². The number of carbonyl (C=O) groups is 1. The molecule has 216 valence electrons. The van der Waals surface area contributed by atoms with Crippen LogP contribution in [0.25, 0.3) is 6.08 Å². The molecule has 1 atom stereocenters. The highest BCUT2D eigenvalue weighted by atomic mass is 32.1. The van der Waals surface area contributed by atoms with Crippen LogP contribution < -0.4 is 33.8 Å². The normalized spacial score (nSPS) is 14.7. The molecule has 1 unspecified atom stereocenters. The number of fused-ring (bicyclic) bond motifs is 1.